The molecule has 3 unspecified atom stereocenters. The first-order chi connectivity index (χ1) is 20.2. The fourth-order valence-electron chi connectivity index (χ4n) is 6.63. The van der Waals surface area contributed by atoms with Gasteiger partial charge >= 0.3 is 0 Å². The predicted molar refractivity (Wildman–Crippen MR) is 167 cm³/mol. The Labute approximate surface area is 249 Å². The Hall–Kier alpha value is -3.08. The van der Waals surface area contributed by atoms with Crippen molar-refractivity contribution in [3.63, 3.8) is 0 Å². The summed E-state index contributed by atoms with van der Waals surface area (Å²) < 4.78 is 23.2. The molecule has 0 bridgehead atoms. The number of nitrogens with one attached hydrogen (secondary N) is 1. The lowest BCUT2D eigenvalue weighted by atomic mass is 9.71. The van der Waals surface area contributed by atoms with Crippen LogP contribution >= 0.6 is 0 Å². The summed E-state index contributed by atoms with van der Waals surface area (Å²) in [7, 11) is 0. The quantitative estimate of drug-likeness (QED) is 0.323. The maximum Gasteiger partial charge on any atom is 0.227 e. The van der Waals surface area contributed by atoms with Gasteiger partial charge in [-0.3, -0.25) is 9.58 Å². The highest BCUT2D eigenvalue weighted by Gasteiger charge is 2.43. The summed E-state index contributed by atoms with van der Waals surface area (Å²) in [5.74, 6) is 0.439. The first-order valence-electron chi connectivity index (χ1n) is 15.5. The van der Waals surface area contributed by atoms with Crippen molar-refractivity contribution >= 4 is 17.3 Å². The standard InChI is InChI=1S/C32H47FN8O/c1-6-11-32(34,24(5)39-13-15-42-16-14-39)26-8-7-12-40(21-26)29-10-9-27(17-28(29)33)37-31-35-18-23(4)30(38-31)25-19-36-41(20-25)22(2)3/h9-10,17-20,22,24,26H,6-8,11-16,21,34H2,1-5H3,(H,35,37,38). The monoisotopic (exact) mass is 578 g/mol. The molecule has 5 rings (SSSR count). The highest BCUT2D eigenvalue weighted by atomic mass is 19.1. The molecule has 0 spiro atoms. The van der Waals surface area contributed by atoms with Crippen LogP contribution in [-0.4, -0.2) is 75.6 Å². The van der Waals surface area contributed by atoms with Crippen molar-refractivity contribution in [3.05, 3.63) is 48.2 Å². The van der Waals surface area contributed by atoms with Gasteiger partial charge in [0.25, 0.3) is 0 Å². The van der Waals surface area contributed by atoms with Crippen LogP contribution in [0.3, 0.4) is 0 Å². The summed E-state index contributed by atoms with van der Waals surface area (Å²) in [5, 5.41) is 7.64. The second-order valence-electron chi connectivity index (χ2n) is 12.3. The molecule has 1 aromatic carbocycles. The molecule has 3 N–H and O–H groups in total. The second-order valence-corrected chi connectivity index (χ2v) is 12.3. The number of nitrogens with zero attached hydrogens (tertiary/aromatic N) is 6. The highest BCUT2D eigenvalue weighted by Crippen LogP contribution is 2.37. The number of aryl methyl sites for hydroxylation is 1. The van der Waals surface area contributed by atoms with Crippen LogP contribution in [0, 0.1) is 18.7 Å². The van der Waals surface area contributed by atoms with Gasteiger partial charge in [-0.05, 0) is 76.6 Å². The Morgan fingerprint density at radius 2 is 1.95 bits per heavy atom. The average Bonchev–Trinajstić information content (AvgIpc) is 3.49. The Bertz CT molecular complexity index is 1340. The van der Waals surface area contributed by atoms with Crippen LogP contribution in [0.5, 0.6) is 0 Å². The number of piperidine rings is 1. The molecular weight excluding hydrogens is 531 g/mol. The molecule has 0 aliphatic carbocycles. The van der Waals surface area contributed by atoms with Crippen LogP contribution < -0.4 is 16.0 Å². The third-order valence-electron chi connectivity index (χ3n) is 9.16. The van der Waals surface area contributed by atoms with Gasteiger partial charge in [-0.2, -0.15) is 5.10 Å². The van der Waals surface area contributed by atoms with Crippen molar-refractivity contribution in [2.75, 3.05) is 49.6 Å². The average molecular weight is 579 g/mol. The maximum absolute atomic E-state index is 15.7. The van der Waals surface area contributed by atoms with E-state index in [0.717, 1.165) is 81.9 Å². The van der Waals surface area contributed by atoms with Crippen LogP contribution in [0.4, 0.5) is 21.7 Å². The number of morpholine rings is 1. The molecule has 3 aromatic rings. The molecule has 9 nitrogen and oxygen atoms in total. The van der Waals surface area contributed by atoms with Crippen molar-refractivity contribution in [1.82, 2.24) is 24.6 Å². The van der Waals surface area contributed by atoms with E-state index in [1.54, 1.807) is 6.20 Å². The largest absolute Gasteiger partial charge is 0.379 e. The molecule has 4 heterocycles. The van der Waals surface area contributed by atoms with Gasteiger partial charge in [0.1, 0.15) is 5.82 Å². The molecule has 10 heteroatoms. The normalized spacial score (nSPS) is 20.5. The first kappa shape index (κ1) is 30.4. The second kappa shape index (κ2) is 13.1. The molecule has 2 aromatic heterocycles. The van der Waals surface area contributed by atoms with E-state index < -0.39 is 0 Å². The summed E-state index contributed by atoms with van der Waals surface area (Å²) in [4.78, 5) is 13.8. The number of rotatable bonds is 10. The lowest BCUT2D eigenvalue weighted by molar-refractivity contribution is -0.0117. The molecule has 0 amide bonds. The number of hydrogen-bond acceptors (Lipinski definition) is 8. The number of ether oxygens (including phenoxy) is 1. The lowest BCUT2D eigenvalue weighted by Gasteiger charge is -2.50. The smallest absolute Gasteiger partial charge is 0.227 e. The molecule has 3 atom stereocenters. The third-order valence-corrected chi connectivity index (χ3v) is 9.16. The minimum absolute atomic E-state index is 0.238. The topological polar surface area (TPSA) is 97.4 Å². The Kier molecular flexibility index (Phi) is 9.44. The van der Waals surface area contributed by atoms with E-state index in [9.17, 15) is 0 Å². The van der Waals surface area contributed by atoms with E-state index in [0.29, 0.717) is 17.3 Å². The number of halogens is 1. The first-order valence-corrected chi connectivity index (χ1v) is 15.5. The van der Waals surface area contributed by atoms with Gasteiger partial charge in [0.05, 0.1) is 30.8 Å². The van der Waals surface area contributed by atoms with Gasteiger partial charge in [0.2, 0.25) is 5.95 Å². The van der Waals surface area contributed by atoms with Gasteiger partial charge in [-0.1, -0.05) is 13.3 Å². The zero-order valence-corrected chi connectivity index (χ0v) is 25.8. The number of anilines is 3. The van der Waals surface area contributed by atoms with Gasteiger partial charge in [-0.25, -0.2) is 14.4 Å². The van der Waals surface area contributed by atoms with Crippen LogP contribution in [0.15, 0.2) is 36.8 Å². The van der Waals surface area contributed by atoms with E-state index in [1.165, 1.54) is 6.07 Å². The number of nitrogens with two attached hydrogens (primary N) is 1. The highest BCUT2D eigenvalue weighted by molar-refractivity contribution is 5.65. The summed E-state index contributed by atoms with van der Waals surface area (Å²) in [6, 6.07) is 5.81. The van der Waals surface area contributed by atoms with Crippen molar-refractivity contribution in [2.24, 2.45) is 11.7 Å². The van der Waals surface area contributed by atoms with Crippen LogP contribution in [-0.2, 0) is 4.74 Å². The SMILES string of the molecule is CCCC(N)(C1CCCN(c2ccc(Nc3ncc(C)c(-c4cnn(C(C)C)c4)n3)cc2F)C1)C(C)N1CCOCC1. The molecular formula is C32H47FN8O. The van der Waals surface area contributed by atoms with Gasteiger partial charge in [0, 0.05) is 67.4 Å². The summed E-state index contributed by atoms with van der Waals surface area (Å²) in [5.41, 5.74) is 10.9. The predicted octanol–water partition coefficient (Wildman–Crippen LogP) is 5.55. The summed E-state index contributed by atoms with van der Waals surface area (Å²) >= 11 is 0. The summed E-state index contributed by atoms with van der Waals surface area (Å²) in [6.45, 7) is 15.5. The van der Waals surface area contributed by atoms with E-state index in [4.69, 9.17) is 15.5 Å². The Morgan fingerprint density at radius 1 is 1.17 bits per heavy atom. The Balaban J connectivity index is 1.31. The molecule has 2 aliphatic rings. The van der Waals surface area contributed by atoms with Crippen LogP contribution in [0.1, 0.15) is 65.0 Å². The zero-order chi connectivity index (χ0) is 29.9. The lowest BCUT2D eigenvalue weighted by Crippen LogP contribution is -2.65. The fraction of sp³-hybridized carbons (Fsp3) is 0.594. The van der Waals surface area contributed by atoms with Gasteiger partial charge < -0.3 is 20.7 Å². The molecule has 42 heavy (non-hydrogen) atoms. The minimum Gasteiger partial charge on any atom is -0.379 e. The van der Waals surface area contributed by atoms with E-state index >= 15 is 4.39 Å². The van der Waals surface area contributed by atoms with Crippen LogP contribution in [0.2, 0.25) is 0 Å². The molecule has 2 fully saturated rings. The summed E-state index contributed by atoms with van der Waals surface area (Å²) in [6.07, 6.45) is 9.62. The Morgan fingerprint density at radius 3 is 2.64 bits per heavy atom. The third kappa shape index (κ3) is 6.45. The zero-order valence-electron chi connectivity index (χ0n) is 25.8. The molecule has 228 valence electrons. The maximum atomic E-state index is 15.7. The number of hydrogen-bond donors (Lipinski definition) is 2. The van der Waals surface area contributed by atoms with Crippen LogP contribution in [0.25, 0.3) is 11.3 Å². The minimum atomic E-state index is -0.338. The van der Waals surface area contributed by atoms with E-state index in [2.05, 4.69) is 52.9 Å². The van der Waals surface area contributed by atoms with Crippen molar-refractivity contribution < 1.29 is 9.13 Å². The van der Waals surface area contributed by atoms with Crippen molar-refractivity contribution in [2.45, 2.75) is 77.9 Å². The molecule has 2 saturated heterocycles. The molecule has 2 aliphatic heterocycles. The van der Waals surface area contributed by atoms with E-state index in [1.807, 2.05) is 36.1 Å². The molecule has 0 saturated carbocycles. The number of aromatic nitrogens is 4. The van der Waals surface area contributed by atoms with Gasteiger partial charge in [0.15, 0.2) is 0 Å². The van der Waals surface area contributed by atoms with Gasteiger partial charge in [-0.15, -0.1) is 0 Å². The van der Waals surface area contributed by atoms with E-state index in [-0.39, 0.29) is 29.4 Å². The fourth-order valence-corrected chi connectivity index (χ4v) is 6.63. The number of benzene rings is 1. The van der Waals surface area contributed by atoms with Crippen molar-refractivity contribution in [3.8, 4) is 11.3 Å². The van der Waals surface area contributed by atoms with Crippen molar-refractivity contribution in [1.29, 1.82) is 0 Å². The molecule has 0 radical (unpaired) electrons.